The van der Waals surface area contributed by atoms with Crippen molar-refractivity contribution in [3.63, 3.8) is 0 Å². The summed E-state index contributed by atoms with van der Waals surface area (Å²) >= 11 is -0.0610. The molecule has 0 N–H and O–H groups in total. The SMILES string of the molecule is c1ccc([CH2][Po][SiH2]C2CCCCO2)cc1. The molecule has 2 rings (SSSR count). The molecule has 0 amide bonds. The second-order valence-corrected chi connectivity index (χ2v) is 15.4. The summed E-state index contributed by atoms with van der Waals surface area (Å²) in [5.74, 6) is 0. The standard InChI is InChI=1S/C7H7.C5H11OSi.Po/c1-7-5-3-2-4-6-7;7-5-3-1-2-4-6-5;/h2-6H,1H2;5H,1-4,7H2;. The maximum atomic E-state index is 5.82. The van der Waals surface area contributed by atoms with Crippen molar-refractivity contribution in [1.82, 2.24) is 0 Å². The van der Waals surface area contributed by atoms with Gasteiger partial charge in [-0.1, -0.05) is 0 Å². The monoisotopic (exact) mass is 415 g/mol. The van der Waals surface area contributed by atoms with Crippen LogP contribution in [0.2, 0.25) is 0 Å². The van der Waals surface area contributed by atoms with Crippen LogP contribution in [0.1, 0.15) is 24.8 Å². The first-order chi connectivity index (χ1) is 7.45. The van der Waals surface area contributed by atoms with Crippen molar-refractivity contribution in [2.45, 2.75) is 29.1 Å². The zero-order valence-corrected chi connectivity index (χ0v) is 13.6. The summed E-state index contributed by atoms with van der Waals surface area (Å²) in [5.41, 5.74) is 2.32. The first-order valence-corrected chi connectivity index (χ1v) is 16.1. The second kappa shape index (κ2) is 6.79. The summed E-state index contributed by atoms with van der Waals surface area (Å²) in [6, 6.07) is 11.0. The van der Waals surface area contributed by atoms with E-state index in [2.05, 4.69) is 30.3 Å². The van der Waals surface area contributed by atoms with Gasteiger partial charge in [-0.25, -0.2) is 0 Å². The van der Waals surface area contributed by atoms with E-state index in [1.54, 1.807) is 5.56 Å². The van der Waals surface area contributed by atoms with Crippen LogP contribution in [-0.2, 0) is 8.82 Å². The van der Waals surface area contributed by atoms with Crippen LogP contribution < -0.4 is 0 Å². The molecule has 1 aromatic carbocycles. The van der Waals surface area contributed by atoms with Gasteiger partial charge < -0.3 is 0 Å². The van der Waals surface area contributed by atoms with Crippen LogP contribution in [0.15, 0.2) is 30.3 Å². The third kappa shape index (κ3) is 4.35. The minimum absolute atomic E-state index is 0.0610. The Bertz CT molecular complexity index is 272. The number of hydrogen-bond donors (Lipinski definition) is 0. The average Bonchev–Trinajstić information content (AvgIpc) is 2.32. The van der Waals surface area contributed by atoms with Crippen molar-refractivity contribution in [1.29, 1.82) is 0 Å². The third-order valence-corrected chi connectivity index (χ3v) is 14.9. The fourth-order valence-corrected chi connectivity index (χ4v) is 14.2. The molecule has 1 aromatic rings. The van der Waals surface area contributed by atoms with Crippen molar-refractivity contribution in [3.8, 4) is 0 Å². The molecule has 0 bridgehead atoms. The van der Waals surface area contributed by atoms with Gasteiger partial charge in [-0.2, -0.15) is 0 Å². The molecule has 1 heterocycles. The predicted molar refractivity (Wildman–Crippen MR) is 68.0 cm³/mol. The maximum absolute atomic E-state index is 5.82. The Labute approximate surface area is 105 Å². The fraction of sp³-hybridized carbons (Fsp3) is 0.500. The van der Waals surface area contributed by atoms with E-state index in [9.17, 15) is 0 Å². The van der Waals surface area contributed by atoms with Crippen LogP contribution in [0.25, 0.3) is 0 Å². The van der Waals surface area contributed by atoms with Gasteiger partial charge in [-0.05, 0) is 0 Å². The summed E-state index contributed by atoms with van der Waals surface area (Å²) in [6.07, 6.45) is 4.09. The van der Waals surface area contributed by atoms with Gasteiger partial charge in [0.25, 0.3) is 0 Å². The zero-order chi connectivity index (χ0) is 10.3. The van der Waals surface area contributed by atoms with Crippen LogP contribution in [0.3, 0.4) is 0 Å². The van der Waals surface area contributed by atoms with E-state index >= 15 is 0 Å². The first kappa shape index (κ1) is 11.8. The van der Waals surface area contributed by atoms with Gasteiger partial charge in [0.05, 0.1) is 0 Å². The molecule has 3 heteroatoms. The Hall–Kier alpha value is 0.293. The number of benzene rings is 1. The average molecular weight is 415 g/mol. The van der Waals surface area contributed by atoms with E-state index in [4.69, 9.17) is 4.74 Å². The zero-order valence-electron chi connectivity index (χ0n) is 9.02. The Morgan fingerprint density at radius 2 is 2.13 bits per heavy atom. The summed E-state index contributed by atoms with van der Waals surface area (Å²) < 4.78 is 7.24. The van der Waals surface area contributed by atoms with Crippen LogP contribution in [0.4, 0.5) is 0 Å². The van der Waals surface area contributed by atoms with E-state index in [-0.39, 0.29) is 29.3 Å². The molecule has 1 nitrogen and oxygen atoms in total. The molecule has 0 spiro atoms. The molecule has 1 fully saturated rings. The summed E-state index contributed by atoms with van der Waals surface area (Å²) in [5, 5.41) is 0. The topological polar surface area (TPSA) is 9.23 Å². The van der Waals surface area contributed by atoms with Crippen LogP contribution in [-0.4, -0.2) is 41.6 Å². The van der Waals surface area contributed by atoms with Gasteiger partial charge in [0.2, 0.25) is 0 Å². The first-order valence-electron chi connectivity index (χ1n) is 5.68. The minimum atomic E-state index is -0.0610. The number of hydrogen-bond acceptors (Lipinski definition) is 1. The quantitative estimate of drug-likeness (QED) is 0.678. The summed E-state index contributed by atoms with van der Waals surface area (Å²) in [6.45, 7) is 1.21. The van der Waals surface area contributed by atoms with Gasteiger partial charge in [0.15, 0.2) is 0 Å². The van der Waals surface area contributed by atoms with E-state index in [1.165, 1.54) is 23.3 Å². The molecule has 82 valence electrons. The van der Waals surface area contributed by atoms with E-state index in [1.807, 2.05) is 0 Å². The van der Waals surface area contributed by atoms with Crippen molar-refractivity contribution in [3.05, 3.63) is 35.9 Å². The molecule has 0 saturated carbocycles. The molecule has 0 aliphatic carbocycles. The molecular weight excluding hydrogens is 397 g/mol. The van der Waals surface area contributed by atoms with E-state index < -0.39 is 0 Å². The molecule has 0 radical (unpaired) electrons. The molecule has 1 aliphatic heterocycles. The van der Waals surface area contributed by atoms with Crippen molar-refractivity contribution in [2.24, 2.45) is 0 Å². The molecule has 1 aliphatic rings. The van der Waals surface area contributed by atoms with Crippen molar-refractivity contribution >= 4 is 29.3 Å². The molecule has 1 unspecified atom stereocenters. The van der Waals surface area contributed by atoms with Gasteiger partial charge >= 0.3 is 106 Å². The Kier molecular flexibility index (Phi) is 5.32. The number of rotatable bonds is 4. The van der Waals surface area contributed by atoms with E-state index in [0.29, 0.717) is 0 Å². The van der Waals surface area contributed by atoms with Crippen LogP contribution in [0, 0.1) is 0 Å². The van der Waals surface area contributed by atoms with Gasteiger partial charge in [0, 0.05) is 0 Å². The van der Waals surface area contributed by atoms with Crippen LogP contribution >= 0.6 is 0 Å². The molecule has 1 saturated heterocycles. The van der Waals surface area contributed by atoms with E-state index in [0.717, 1.165) is 12.3 Å². The summed E-state index contributed by atoms with van der Waals surface area (Å²) in [4.78, 5) is 0. The van der Waals surface area contributed by atoms with Crippen molar-refractivity contribution < 1.29 is 4.74 Å². The normalized spacial score (nSPS) is 22.3. The molecule has 0 aromatic heterocycles. The molecule has 15 heavy (non-hydrogen) atoms. The molecular formula is C12H18OPoSi. The Morgan fingerprint density at radius 1 is 1.27 bits per heavy atom. The third-order valence-electron chi connectivity index (χ3n) is 2.69. The predicted octanol–water partition coefficient (Wildman–Crippen LogP) is 1.50. The summed E-state index contributed by atoms with van der Waals surface area (Å²) in [7, 11) is 0. The van der Waals surface area contributed by atoms with Crippen molar-refractivity contribution in [2.75, 3.05) is 6.61 Å². The Morgan fingerprint density at radius 3 is 2.87 bits per heavy atom. The van der Waals surface area contributed by atoms with Gasteiger partial charge in [-0.15, -0.1) is 0 Å². The Balaban J connectivity index is 1.66. The molecule has 1 atom stereocenters. The van der Waals surface area contributed by atoms with Crippen LogP contribution in [0.5, 0.6) is 0 Å². The van der Waals surface area contributed by atoms with Gasteiger partial charge in [0.1, 0.15) is 0 Å². The number of ether oxygens (including phenoxy) is 1. The fourth-order valence-electron chi connectivity index (χ4n) is 1.82. The second-order valence-electron chi connectivity index (χ2n) is 3.99. The van der Waals surface area contributed by atoms with Gasteiger partial charge in [-0.3, -0.25) is 0 Å².